The molecule has 5 heteroatoms. The highest BCUT2D eigenvalue weighted by Crippen LogP contribution is 2.34. The minimum Gasteiger partial charge on any atom is -0.397 e. The number of amides is 1. The number of hydrogen-bond acceptors (Lipinski definition) is 4. The molecule has 1 saturated heterocycles. The summed E-state index contributed by atoms with van der Waals surface area (Å²) in [4.78, 5) is 13.0. The quantitative estimate of drug-likeness (QED) is 0.916. The largest absolute Gasteiger partial charge is 0.397 e. The first-order chi connectivity index (χ1) is 10.1. The first-order valence-electron chi connectivity index (χ1n) is 7.27. The van der Waals surface area contributed by atoms with Crippen molar-refractivity contribution in [1.82, 2.24) is 5.32 Å². The molecule has 0 radical (unpaired) electrons. The molecule has 1 amide bonds. The molecule has 1 aromatic heterocycles. The Morgan fingerprint density at radius 2 is 2.33 bits per heavy atom. The van der Waals surface area contributed by atoms with Crippen molar-refractivity contribution in [2.24, 2.45) is 0 Å². The molecule has 0 aliphatic carbocycles. The lowest BCUT2D eigenvalue weighted by Crippen LogP contribution is -2.40. The number of thiophene rings is 1. The maximum Gasteiger partial charge on any atom is 0.263 e. The van der Waals surface area contributed by atoms with E-state index in [4.69, 9.17) is 10.5 Å². The van der Waals surface area contributed by atoms with Gasteiger partial charge in [0.25, 0.3) is 5.91 Å². The number of carbonyl (C=O) groups excluding carboxylic acids is 1. The average molecular weight is 304 g/mol. The van der Waals surface area contributed by atoms with Gasteiger partial charge in [-0.25, -0.2) is 0 Å². The van der Waals surface area contributed by atoms with E-state index in [2.05, 4.69) is 5.32 Å². The van der Waals surface area contributed by atoms with E-state index >= 15 is 0 Å². The molecule has 3 rings (SSSR count). The SMILES string of the molecule is Cc1ccc2sc(C(=O)NC(C)C3CCCO3)c(N)c2c1. The van der Waals surface area contributed by atoms with Crippen molar-refractivity contribution in [3.05, 3.63) is 28.6 Å². The van der Waals surface area contributed by atoms with Gasteiger partial charge >= 0.3 is 0 Å². The van der Waals surface area contributed by atoms with E-state index in [0.29, 0.717) is 10.6 Å². The van der Waals surface area contributed by atoms with Crippen LogP contribution in [0.15, 0.2) is 18.2 Å². The monoisotopic (exact) mass is 304 g/mol. The van der Waals surface area contributed by atoms with Gasteiger partial charge in [0, 0.05) is 16.7 Å². The van der Waals surface area contributed by atoms with Crippen molar-refractivity contribution in [3.8, 4) is 0 Å². The summed E-state index contributed by atoms with van der Waals surface area (Å²) in [6, 6.07) is 6.09. The second-order valence-electron chi connectivity index (χ2n) is 5.66. The first kappa shape index (κ1) is 14.4. The molecule has 1 fully saturated rings. The topological polar surface area (TPSA) is 64.3 Å². The van der Waals surface area contributed by atoms with Crippen molar-refractivity contribution in [3.63, 3.8) is 0 Å². The van der Waals surface area contributed by atoms with Crippen LogP contribution in [0.4, 0.5) is 5.69 Å². The third-order valence-corrected chi connectivity index (χ3v) is 5.15. The molecule has 3 N–H and O–H groups in total. The second-order valence-corrected chi connectivity index (χ2v) is 6.71. The summed E-state index contributed by atoms with van der Waals surface area (Å²) in [5.41, 5.74) is 7.88. The molecular formula is C16H20N2O2S. The number of hydrogen-bond donors (Lipinski definition) is 2. The fourth-order valence-electron chi connectivity index (χ4n) is 2.76. The molecule has 1 aliphatic rings. The van der Waals surface area contributed by atoms with Crippen LogP contribution < -0.4 is 11.1 Å². The minimum absolute atomic E-state index is 0.00588. The smallest absolute Gasteiger partial charge is 0.263 e. The van der Waals surface area contributed by atoms with Crippen molar-refractivity contribution in [1.29, 1.82) is 0 Å². The van der Waals surface area contributed by atoms with Gasteiger partial charge in [-0.1, -0.05) is 11.6 Å². The minimum atomic E-state index is -0.102. The van der Waals surface area contributed by atoms with E-state index in [1.54, 1.807) is 0 Å². The fourth-order valence-corrected chi connectivity index (χ4v) is 3.77. The fraction of sp³-hybridized carbons (Fsp3) is 0.438. The number of nitrogens with one attached hydrogen (secondary N) is 1. The van der Waals surface area contributed by atoms with E-state index in [0.717, 1.165) is 35.1 Å². The maximum atomic E-state index is 12.5. The molecule has 2 aromatic rings. The standard InChI is InChI=1S/C16H20N2O2S/c1-9-5-6-13-11(8-9)14(17)15(21-13)16(19)18-10(2)12-4-3-7-20-12/h5-6,8,10,12H,3-4,7,17H2,1-2H3,(H,18,19). The predicted octanol–water partition coefficient (Wildman–Crippen LogP) is 3.09. The van der Waals surface area contributed by atoms with Crippen LogP contribution in [0, 0.1) is 6.92 Å². The first-order valence-corrected chi connectivity index (χ1v) is 8.09. The highest BCUT2D eigenvalue weighted by molar-refractivity contribution is 7.21. The van der Waals surface area contributed by atoms with Gasteiger partial charge in [-0.05, 0) is 38.8 Å². The summed E-state index contributed by atoms with van der Waals surface area (Å²) in [6.07, 6.45) is 2.18. The average Bonchev–Trinajstić information content (AvgIpc) is 3.08. The van der Waals surface area contributed by atoms with Crippen LogP contribution in [0.3, 0.4) is 0 Å². The Morgan fingerprint density at radius 3 is 3.05 bits per heavy atom. The zero-order chi connectivity index (χ0) is 15.0. The molecule has 0 bridgehead atoms. The second kappa shape index (κ2) is 5.66. The molecule has 0 spiro atoms. The normalized spacial score (nSPS) is 19.8. The van der Waals surface area contributed by atoms with E-state index in [1.807, 2.05) is 32.0 Å². The van der Waals surface area contributed by atoms with Crippen molar-refractivity contribution in [2.45, 2.75) is 38.8 Å². The Kier molecular flexibility index (Phi) is 3.87. The molecule has 1 aliphatic heterocycles. The molecule has 0 saturated carbocycles. The number of aryl methyl sites for hydroxylation is 1. The number of anilines is 1. The summed E-state index contributed by atoms with van der Waals surface area (Å²) in [5.74, 6) is -0.102. The van der Waals surface area contributed by atoms with Crippen LogP contribution in [0.5, 0.6) is 0 Å². The van der Waals surface area contributed by atoms with Crippen LogP contribution >= 0.6 is 11.3 Å². The summed E-state index contributed by atoms with van der Waals surface area (Å²) >= 11 is 1.45. The van der Waals surface area contributed by atoms with E-state index in [-0.39, 0.29) is 18.1 Å². The molecular weight excluding hydrogens is 284 g/mol. The van der Waals surface area contributed by atoms with Gasteiger partial charge in [0.2, 0.25) is 0 Å². The Morgan fingerprint density at radius 1 is 1.52 bits per heavy atom. The van der Waals surface area contributed by atoms with Crippen LogP contribution in [0.1, 0.15) is 35.0 Å². The van der Waals surface area contributed by atoms with Gasteiger partial charge in [0.1, 0.15) is 4.88 Å². The Bertz CT molecular complexity index is 674. The highest BCUT2D eigenvalue weighted by Gasteiger charge is 2.25. The third kappa shape index (κ3) is 2.76. The summed E-state index contributed by atoms with van der Waals surface area (Å²) in [7, 11) is 0. The lowest BCUT2D eigenvalue weighted by atomic mass is 10.1. The van der Waals surface area contributed by atoms with Gasteiger partial charge in [-0.3, -0.25) is 4.79 Å². The van der Waals surface area contributed by atoms with E-state index in [1.165, 1.54) is 11.3 Å². The zero-order valence-corrected chi connectivity index (χ0v) is 13.1. The van der Waals surface area contributed by atoms with Gasteiger partial charge in [-0.15, -0.1) is 11.3 Å². The molecule has 2 atom stereocenters. The van der Waals surface area contributed by atoms with Crippen LogP contribution in [-0.2, 0) is 4.74 Å². The van der Waals surface area contributed by atoms with Gasteiger partial charge in [-0.2, -0.15) is 0 Å². The zero-order valence-electron chi connectivity index (χ0n) is 12.3. The molecule has 2 unspecified atom stereocenters. The van der Waals surface area contributed by atoms with Crippen molar-refractivity contribution >= 4 is 33.0 Å². The summed E-state index contributed by atoms with van der Waals surface area (Å²) < 4.78 is 6.66. The Labute approximate surface area is 128 Å². The van der Waals surface area contributed by atoms with Crippen LogP contribution in [0.25, 0.3) is 10.1 Å². The van der Waals surface area contributed by atoms with Crippen LogP contribution in [-0.4, -0.2) is 24.7 Å². The number of fused-ring (bicyclic) bond motifs is 1. The Balaban J connectivity index is 1.82. The molecule has 2 heterocycles. The van der Waals surface area contributed by atoms with Crippen molar-refractivity contribution in [2.75, 3.05) is 12.3 Å². The number of carbonyl (C=O) groups is 1. The summed E-state index contributed by atoms with van der Waals surface area (Å²) in [5, 5.41) is 3.99. The molecule has 21 heavy (non-hydrogen) atoms. The Hall–Kier alpha value is -1.59. The third-order valence-electron chi connectivity index (χ3n) is 3.97. The number of nitrogen functional groups attached to an aromatic ring is 1. The highest BCUT2D eigenvalue weighted by atomic mass is 32.1. The van der Waals surface area contributed by atoms with Crippen LogP contribution in [0.2, 0.25) is 0 Å². The number of ether oxygens (including phenoxy) is 1. The maximum absolute atomic E-state index is 12.5. The lowest BCUT2D eigenvalue weighted by Gasteiger charge is -2.19. The van der Waals surface area contributed by atoms with E-state index < -0.39 is 0 Å². The van der Waals surface area contributed by atoms with Gasteiger partial charge in [0.05, 0.1) is 17.8 Å². The van der Waals surface area contributed by atoms with E-state index in [9.17, 15) is 4.79 Å². The molecule has 112 valence electrons. The van der Waals surface area contributed by atoms with Gasteiger partial charge in [0.15, 0.2) is 0 Å². The predicted molar refractivity (Wildman–Crippen MR) is 86.9 cm³/mol. The van der Waals surface area contributed by atoms with Crippen molar-refractivity contribution < 1.29 is 9.53 Å². The van der Waals surface area contributed by atoms with Gasteiger partial charge < -0.3 is 15.8 Å². The number of benzene rings is 1. The number of nitrogens with two attached hydrogens (primary N) is 1. The molecule has 1 aromatic carbocycles. The number of rotatable bonds is 3. The lowest BCUT2D eigenvalue weighted by molar-refractivity contribution is 0.0715. The molecule has 4 nitrogen and oxygen atoms in total. The summed E-state index contributed by atoms with van der Waals surface area (Å²) in [6.45, 7) is 4.80.